The summed E-state index contributed by atoms with van der Waals surface area (Å²) >= 11 is 0. The van der Waals surface area contributed by atoms with E-state index in [0.29, 0.717) is 12.2 Å². The van der Waals surface area contributed by atoms with Crippen molar-refractivity contribution in [1.29, 1.82) is 0 Å². The Bertz CT molecular complexity index is 947. The van der Waals surface area contributed by atoms with Gasteiger partial charge in [-0.15, -0.1) is 0 Å². The predicted molar refractivity (Wildman–Crippen MR) is 118 cm³/mol. The normalized spacial score (nSPS) is 14.4. The van der Waals surface area contributed by atoms with Crippen molar-refractivity contribution in [3.8, 4) is 16.9 Å². The SMILES string of the molecule is Cc1ccc(O)c(CNCc2ccccc2-c2ccc(CN3CCCC3)cc2)n1. The van der Waals surface area contributed by atoms with Gasteiger partial charge in [-0.2, -0.15) is 0 Å². The van der Waals surface area contributed by atoms with Crippen LogP contribution in [0, 0.1) is 6.92 Å². The Morgan fingerprint density at radius 2 is 1.69 bits per heavy atom. The van der Waals surface area contributed by atoms with Gasteiger partial charge in [-0.3, -0.25) is 9.88 Å². The lowest BCUT2D eigenvalue weighted by molar-refractivity contribution is 0.331. The summed E-state index contributed by atoms with van der Waals surface area (Å²) in [6.45, 7) is 6.70. The van der Waals surface area contributed by atoms with Crippen LogP contribution in [0.2, 0.25) is 0 Å². The van der Waals surface area contributed by atoms with Gasteiger partial charge in [0, 0.05) is 25.3 Å². The van der Waals surface area contributed by atoms with Gasteiger partial charge in [0.25, 0.3) is 0 Å². The largest absolute Gasteiger partial charge is 0.506 e. The van der Waals surface area contributed by atoms with Crippen molar-refractivity contribution in [2.45, 2.75) is 39.4 Å². The Kier molecular flexibility index (Phi) is 6.23. The van der Waals surface area contributed by atoms with Crippen molar-refractivity contribution in [2.24, 2.45) is 0 Å². The van der Waals surface area contributed by atoms with Gasteiger partial charge < -0.3 is 10.4 Å². The lowest BCUT2D eigenvalue weighted by Crippen LogP contribution is -2.18. The topological polar surface area (TPSA) is 48.4 Å². The molecule has 2 N–H and O–H groups in total. The quantitative estimate of drug-likeness (QED) is 0.620. The van der Waals surface area contributed by atoms with Crippen molar-refractivity contribution >= 4 is 0 Å². The maximum absolute atomic E-state index is 9.99. The molecule has 1 fully saturated rings. The van der Waals surface area contributed by atoms with E-state index in [4.69, 9.17) is 0 Å². The van der Waals surface area contributed by atoms with E-state index in [-0.39, 0.29) is 5.75 Å². The van der Waals surface area contributed by atoms with Gasteiger partial charge in [0.15, 0.2) is 0 Å². The van der Waals surface area contributed by atoms with Gasteiger partial charge in [-0.1, -0.05) is 48.5 Å². The molecule has 1 aliphatic rings. The average Bonchev–Trinajstić information content (AvgIpc) is 3.25. The second kappa shape index (κ2) is 9.21. The standard InChI is InChI=1S/C25H29N3O/c1-19-8-13-25(29)24(27-19)17-26-16-22-6-2-3-7-23(22)21-11-9-20(10-12-21)18-28-14-4-5-15-28/h2-3,6-13,26,29H,4-5,14-18H2,1H3. The molecule has 0 atom stereocenters. The first-order valence-corrected chi connectivity index (χ1v) is 10.4. The summed E-state index contributed by atoms with van der Waals surface area (Å²) in [4.78, 5) is 6.95. The van der Waals surface area contributed by atoms with Crippen LogP contribution in [-0.4, -0.2) is 28.1 Å². The molecule has 1 saturated heterocycles. The minimum atomic E-state index is 0.241. The van der Waals surface area contributed by atoms with Crippen molar-refractivity contribution < 1.29 is 5.11 Å². The van der Waals surface area contributed by atoms with Gasteiger partial charge in [0.1, 0.15) is 5.75 Å². The molecule has 2 aromatic carbocycles. The number of pyridine rings is 1. The molecule has 4 rings (SSSR count). The monoisotopic (exact) mass is 387 g/mol. The third-order valence-corrected chi connectivity index (χ3v) is 5.58. The molecule has 0 amide bonds. The van der Waals surface area contributed by atoms with E-state index in [0.717, 1.165) is 18.8 Å². The zero-order valence-electron chi connectivity index (χ0n) is 17.1. The summed E-state index contributed by atoms with van der Waals surface area (Å²) in [7, 11) is 0. The van der Waals surface area contributed by atoms with Crippen molar-refractivity contribution in [3.63, 3.8) is 0 Å². The summed E-state index contributed by atoms with van der Waals surface area (Å²) < 4.78 is 0. The van der Waals surface area contributed by atoms with Gasteiger partial charge in [0.05, 0.1) is 5.69 Å². The predicted octanol–water partition coefficient (Wildman–Crippen LogP) is 4.65. The fraction of sp³-hybridized carbons (Fsp3) is 0.320. The smallest absolute Gasteiger partial charge is 0.138 e. The van der Waals surface area contributed by atoms with E-state index in [1.807, 2.05) is 13.0 Å². The third-order valence-electron chi connectivity index (χ3n) is 5.58. The second-order valence-corrected chi connectivity index (χ2v) is 7.86. The Morgan fingerprint density at radius 1 is 0.931 bits per heavy atom. The van der Waals surface area contributed by atoms with Crippen LogP contribution < -0.4 is 5.32 Å². The van der Waals surface area contributed by atoms with Crippen LogP contribution in [0.15, 0.2) is 60.7 Å². The molecule has 0 saturated carbocycles. The molecule has 1 aromatic heterocycles. The molecule has 0 spiro atoms. The van der Waals surface area contributed by atoms with E-state index in [2.05, 4.69) is 63.7 Å². The first-order valence-electron chi connectivity index (χ1n) is 10.4. The number of nitrogens with zero attached hydrogens (tertiary/aromatic N) is 2. The van der Waals surface area contributed by atoms with Gasteiger partial charge in [0.2, 0.25) is 0 Å². The molecule has 3 aromatic rings. The molecule has 4 nitrogen and oxygen atoms in total. The summed E-state index contributed by atoms with van der Waals surface area (Å²) in [5.41, 5.74) is 6.71. The molecule has 150 valence electrons. The number of likely N-dealkylation sites (tertiary alicyclic amines) is 1. The fourth-order valence-corrected chi connectivity index (χ4v) is 3.99. The number of hydrogen-bond donors (Lipinski definition) is 2. The van der Waals surface area contributed by atoms with Crippen LogP contribution in [0.5, 0.6) is 5.75 Å². The number of rotatable bonds is 7. The number of hydrogen-bond acceptors (Lipinski definition) is 4. The van der Waals surface area contributed by atoms with Crippen LogP contribution in [0.3, 0.4) is 0 Å². The minimum Gasteiger partial charge on any atom is -0.506 e. The first kappa shape index (κ1) is 19.6. The van der Waals surface area contributed by atoms with E-state index >= 15 is 0 Å². The lowest BCUT2D eigenvalue weighted by Gasteiger charge is -2.15. The molecule has 1 aliphatic heterocycles. The Hall–Kier alpha value is -2.69. The molecular weight excluding hydrogens is 358 g/mol. The number of benzene rings is 2. The minimum absolute atomic E-state index is 0.241. The lowest BCUT2D eigenvalue weighted by atomic mass is 9.98. The Morgan fingerprint density at radius 3 is 2.48 bits per heavy atom. The Balaban J connectivity index is 1.43. The number of aryl methyl sites for hydroxylation is 1. The number of nitrogens with one attached hydrogen (secondary N) is 1. The first-order chi connectivity index (χ1) is 14.2. The van der Waals surface area contributed by atoms with E-state index in [1.165, 1.54) is 48.2 Å². The van der Waals surface area contributed by atoms with Gasteiger partial charge >= 0.3 is 0 Å². The van der Waals surface area contributed by atoms with Crippen LogP contribution in [0.25, 0.3) is 11.1 Å². The maximum atomic E-state index is 9.99. The Labute approximate surface area is 173 Å². The molecule has 0 radical (unpaired) electrons. The number of aromatic hydroxyl groups is 1. The molecule has 2 heterocycles. The number of aromatic nitrogens is 1. The van der Waals surface area contributed by atoms with E-state index < -0.39 is 0 Å². The van der Waals surface area contributed by atoms with Crippen LogP contribution in [-0.2, 0) is 19.6 Å². The molecule has 4 heteroatoms. The molecule has 0 aliphatic carbocycles. The average molecular weight is 388 g/mol. The molecule has 0 unspecified atom stereocenters. The van der Waals surface area contributed by atoms with E-state index in [1.54, 1.807) is 6.07 Å². The van der Waals surface area contributed by atoms with Gasteiger partial charge in [-0.05, 0) is 67.2 Å². The van der Waals surface area contributed by atoms with Crippen LogP contribution in [0.4, 0.5) is 0 Å². The van der Waals surface area contributed by atoms with Crippen molar-refractivity contribution in [2.75, 3.05) is 13.1 Å². The zero-order valence-corrected chi connectivity index (χ0v) is 17.1. The molecular formula is C25H29N3O. The molecule has 0 bridgehead atoms. The van der Waals surface area contributed by atoms with Gasteiger partial charge in [-0.25, -0.2) is 0 Å². The van der Waals surface area contributed by atoms with Crippen molar-refractivity contribution in [3.05, 3.63) is 83.2 Å². The van der Waals surface area contributed by atoms with Crippen LogP contribution >= 0.6 is 0 Å². The maximum Gasteiger partial charge on any atom is 0.138 e. The summed E-state index contributed by atoms with van der Waals surface area (Å²) in [6.07, 6.45) is 2.66. The highest BCUT2D eigenvalue weighted by atomic mass is 16.3. The zero-order chi connectivity index (χ0) is 20.1. The summed E-state index contributed by atoms with van der Waals surface area (Å²) in [5.74, 6) is 0.241. The van der Waals surface area contributed by atoms with Crippen LogP contribution in [0.1, 0.15) is 35.4 Å². The highest BCUT2D eigenvalue weighted by Crippen LogP contribution is 2.25. The fourth-order valence-electron chi connectivity index (χ4n) is 3.99. The third kappa shape index (κ3) is 5.03. The summed E-state index contributed by atoms with van der Waals surface area (Å²) in [5, 5.41) is 13.4. The van der Waals surface area contributed by atoms with Crippen molar-refractivity contribution in [1.82, 2.24) is 15.2 Å². The second-order valence-electron chi connectivity index (χ2n) is 7.86. The highest BCUT2D eigenvalue weighted by Gasteiger charge is 2.12. The highest BCUT2D eigenvalue weighted by molar-refractivity contribution is 5.67. The van der Waals surface area contributed by atoms with E-state index in [9.17, 15) is 5.11 Å². The molecule has 29 heavy (non-hydrogen) atoms. The summed E-state index contributed by atoms with van der Waals surface area (Å²) in [6, 6.07) is 21.0.